The summed E-state index contributed by atoms with van der Waals surface area (Å²) in [5.74, 6) is -0.598. The minimum absolute atomic E-state index is 0.0812. The lowest BCUT2D eigenvalue weighted by atomic mass is 9.92. The fourth-order valence-corrected chi connectivity index (χ4v) is 1.05. The van der Waals surface area contributed by atoms with Crippen LogP contribution in [0.1, 0.15) is 34.6 Å². The largest absolute Gasteiger partial charge is 0.392 e. The zero-order valence-electron chi connectivity index (χ0n) is 11.0. The Morgan fingerprint density at radius 2 is 1.65 bits per heavy atom. The third-order valence-electron chi connectivity index (χ3n) is 2.11. The first-order chi connectivity index (χ1) is 7.47. The average Bonchev–Trinajstić information content (AvgIpc) is 2.10. The van der Waals surface area contributed by atoms with E-state index in [4.69, 9.17) is 18.0 Å². The predicted molar refractivity (Wildman–Crippen MR) is 71.5 cm³/mol. The third kappa shape index (κ3) is 5.63. The monoisotopic (exact) mass is 259 g/mol. The van der Waals surface area contributed by atoms with Gasteiger partial charge in [0, 0.05) is 5.54 Å². The van der Waals surface area contributed by atoms with Crippen LogP contribution in [0.2, 0.25) is 0 Å². The molecule has 6 heteroatoms. The van der Waals surface area contributed by atoms with E-state index in [9.17, 15) is 9.59 Å². The number of nitrogens with two attached hydrogens (primary N) is 1. The summed E-state index contributed by atoms with van der Waals surface area (Å²) in [5.41, 5.74) is 4.18. The summed E-state index contributed by atoms with van der Waals surface area (Å²) in [5, 5.41) is 5.25. The van der Waals surface area contributed by atoms with E-state index in [1.165, 1.54) is 0 Å². The quantitative estimate of drug-likeness (QED) is 0.635. The molecule has 0 heterocycles. The molecule has 0 aliphatic rings. The van der Waals surface area contributed by atoms with Crippen LogP contribution in [0.25, 0.3) is 0 Å². The Morgan fingerprint density at radius 3 is 2.00 bits per heavy atom. The van der Waals surface area contributed by atoms with Crippen molar-refractivity contribution in [2.75, 3.05) is 6.54 Å². The molecule has 0 aromatic rings. The molecule has 0 fully saturated rings. The van der Waals surface area contributed by atoms with Gasteiger partial charge in [-0.05, 0) is 34.6 Å². The molecule has 0 aromatic carbocycles. The minimum Gasteiger partial charge on any atom is -0.392 e. The molecule has 17 heavy (non-hydrogen) atoms. The van der Waals surface area contributed by atoms with Crippen LogP contribution in [0.5, 0.6) is 0 Å². The van der Waals surface area contributed by atoms with Crippen LogP contribution in [0, 0.1) is 5.41 Å². The van der Waals surface area contributed by atoms with Gasteiger partial charge in [-0.2, -0.15) is 0 Å². The van der Waals surface area contributed by atoms with E-state index in [2.05, 4.69) is 10.6 Å². The first kappa shape index (κ1) is 15.8. The van der Waals surface area contributed by atoms with Gasteiger partial charge in [0.15, 0.2) is 0 Å². The number of hydrogen-bond acceptors (Lipinski definition) is 3. The highest BCUT2D eigenvalue weighted by Gasteiger charge is 2.31. The predicted octanol–water partition coefficient (Wildman–Crippen LogP) is 0.330. The molecule has 5 nitrogen and oxygen atoms in total. The van der Waals surface area contributed by atoms with Crippen LogP contribution in [0.3, 0.4) is 0 Å². The molecular weight excluding hydrogens is 238 g/mol. The van der Waals surface area contributed by atoms with E-state index in [-0.39, 0.29) is 28.9 Å². The smallest absolute Gasteiger partial charge is 0.239 e. The number of carbonyl (C=O) groups excluding carboxylic acids is 2. The number of rotatable bonds is 4. The zero-order chi connectivity index (χ0) is 13.9. The van der Waals surface area contributed by atoms with Crippen molar-refractivity contribution in [3.63, 3.8) is 0 Å². The standard InChI is InChI=1S/C11H21N3O2S/c1-10(2,3)14-7(15)6-13-9(16)11(4,5)8(12)17/h6H2,1-5H3,(H2,12,17)(H,13,16)(H,14,15). The highest BCUT2D eigenvalue weighted by molar-refractivity contribution is 7.80. The molecule has 0 unspecified atom stereocenters. The van der Waals surface area contributed by atoms with E-state index in [0.717, 1.165) is 0 Å². The van der Waals surface area contributed by atoms with Crippen molar-refractivity contribution < 1.29 is 9.59 Å². The SMILES string of the molecule is CC(C)(C)NC(=O)CNC(=O)C(C)(C)C(N)=S. The second-order valence-electron chi connectivity index (χ2n) is 5.47. The third-order valence-corrected chi connectivity index (χ3v) is 2.62. The fourth-order valence-electron chi connectivity index (χ4n) is 0.956. The fraction of sp³-hybridized carbons (Fsp3) is 0.727. The summed E-state index contributed by atoms with van der Waals surface area (Å²) >= 11 is 4.79. The topological polar surface area (TPSA) is 84.2 Å². The van der Waals surface area contributed by atoms with Crippen molar-refractivity contribution in [3.05, 3.63) is 0 Å². The molecule has 98 valence electrons. The van der Waals surface area contributed by atoms with Gasteiger partial charge in [-0.3, -0.25) is 9.59 Å². The lowest BCUT2D eigenvalue weighted by Gasteiger charge is -2.23. The zero-order valence-corrected chi connectivity index (χ0v) is 11.8. The van der Waals surface area contributed by atoms with Crippen molar-refractivity contribution in [2.24, 2.45) is 11.1 Å². The van der Waals surface area contributed by atoms with Crippen LogP contribution >= 0.6 is 12.2 Å². The number of thiocarbonyl (C=S) groups is 1. The van der Waals surface area contributed by atoms with E-state index in [1.807, 2.05) is 20.8 Å². The van der Waals surface area contributed by atoms with Gasteiger partial charge in [-0.1, -0.05) is 12.2 Å². The maximum atomic E-state index is 11.7. The molecule has 0 spiro atoms. The second-order valence-corrected chi connectivity index (χ2v) is 5.91. The Kier molecular flexibility index (Phi) is 5.07. The lowest BCUT2D eigenvalue weighted by molar-refractivity contribution is -0.129. The van der Waals surface area contributed by atoms with E-state index in [0.29, 0.717) is 0 Å². The van der Waals surface area contributed by atoms with E-state index in [1.54, 1.807) is 13.8 Å². The summed E-state index contributed by atoms with van der Waals surface area (Å²) in [6.07, 6.45) is 0. The van der Waals surface area contributed by atoms with Gasteiger partial charge in [0.05, 0.1) is 16.9 Å². The van der Waals surface area contributed by atoms with Crippen molar-refractivity contribution in [1.29, 1.82) is 0 Å². The first-order valence-electron chi connectivity index (χ1n) is 5.36. The van der Waals surface area contributed by atoms with Gasteiger partial charge in [0.2, 0.25) is 11.8 Å². The van der Waals surface area contributed by atoms with Gasteiger partial charge in [-0.25, -0.2) is 0 Å². The van der Waals surface area contributed by atoms with Gasteiger partial charge < -0.3 is 16.4 Å². The lowest BCUT2D eigenvalue weighted by Crippen LogP contribution is -2.50. The molecule has 0 rings (SSSR count). The molecule has 0 aliphatic heterocycles. The summed E-state index contributed by atoms with van der Waals surface area (Å²) in [4.78, 5) is 23.3. The van der Waals surface area contributed by atoms with Crippen molar-refractivity contribution in [1.82, 2.24) is 10.6 Å². The van der Waals surface area contributed by atoms with Crippen LogP contribution in [0.15, 0.2) is 0 Å². The Hall–Kier alpha value is -1.17. The maximum Gasteiger partial charge on any atom is 0.239 e. The summed E-state index contributed by atoms with van der Waals surface area (Å²) < 4.78 is 0. The van der Waals surface area contributed by atoms with Gasteiger partial charge in [0.1, 0.15) is 0 Å². The molecule has 0 aromatic heterocycles. The van der Waals surface area contributed by atoms with Crippen molar-refractivity contribution in [3.8, 4) is 0 Å². The van der Waals surface area contributed by atoms with Crippen molar-refractivity contribution >= 4 is 29.0 Å². The highest BCUT2D eigenvalue weighted by Crippen LogP contribution is 2.14. The molecule has 0 atom stereocenters. The molecule has 0 radical (unpaired) electrons. The van der Waals surface area contributed by atoms with Crippen LogP contribution in [-0.2, 0) is 9.59 Å². The summed E-state index contributed by atoms with van der Waals surface area (Å²) in [6.45, 7) is 8.75. The number of amides is 2. The number of carbonyl (C=O) groups is 2. The van der Waals surface area contributed by atoms with Crippen molar-refractivity contribution in [2.45, 2.75) is 40.2 Å². The van der Waals surface area contributed by atoms with Gasteiger partial charge in [-0.15, -0.1) is 0 Å². The molecular formula is C11H21N3O2S. The Morgan fingerprint density at radius 1 is 1.18 bits per heavy atom. The summed E-state index contributed by atoms with van der Waals surface area (Å²) in [6, 6.07) is 0. The highest BCUT2D eigenvalue weighted by atomic mass is 32.1. The molecule has 4 N–H and O–H groups in total. The molecule has 0 aliphatic carbocycles. The molecule has 0 saturated carbocycles. The van der Waals surface area contributed by atoms with Crippen LogP contribution in [0.4, 0.5) is 0 Å². The molecule has 0 saturated heterocycles. The Labute approximate surface area is 108 Å². The van der Waals surface area contributed by atoms with Crippen LogP contribution < -0.4 is 16.4 Å². The normalized spacial score (nSPS) is 11.8. The second kappa shape index (κ2) is 5.44. The molecule has 0 bridgehead atoms. The number of nitrogens with one attached hydrogen (secondary N) is 2. The van der Waals surface area contributed by atoms with Crippen LogP contribution in [-0.4, -0.2) is 28.9 Å². The molecule has 2 amide bonds. The maximum absolute atomic E-state index is 11.7. The summed E-state index contributed by atoms with van der Waals surface area (Å²) in [7, 11) is 0. The van der Waals surface area contributed by atoms with Gasteiger partial charge in [0.25, 0.3) is 0 Å². The number of hydrogen-bond donors (Lipinski definition) is 3. The Balaban J connectivity index is 4.27. The first-order valence-corrected chi connectivity index (χ1v) is 5.77. The Bertz CT molecular complexity index is 332. The van der Waals surface area contributed by atoms with Gasteiger partial charge >= 0.3 is 0 Å². The average molecular weight is 259 g/mol. The minimum atomic E-state index is -0.947. The van der Waals surface area contributed by atoms with E-state index >= 15 is 0 Å². The van der Waals surface area contributed by atoms with E-state index < -0.39 is 5.41 Å².